The Morgan fingerprint density at radius 3 is 2.80 bits per heavy atom. The average Bonchev–Trinajstić information content (AvgIpc) is 2.98. The van der Waals surface area contributed by atoms with Crippen molar-refractivity contribution in [3.63, 3.8) is 0 Å². The molecule has 7 nitrogen and oxygen atoms in total. The SMILES string of the molecule is Cc1nonc1CC(=O)N1CC[C@@H]2[C@@H](CCC(=O)N2CCC(C)C)C1. The normalized spacial score (nSPS) is 23.9. The lowest BCUT2D eigenvalue weighted by Crippen LogP contribution is -2.57. The van der Waals surface area contributed by atoms with Gasteiger partial charge in [-0.2, -0.15) is 0 Å². The maximum absolute atomic E-state index is 12.6. The minimum Gasteiger partial charge on any atom is -0.342 e. The van der Waals surface area contributed by atoms with Crippen LogP contribution < -0.4 is 0 Å². The summed E-state index contributed by atoms with van der Waals surface area (Å²) in [5.41, 5.74) is 1.29. The van der Waals surface area contributed by atoms with Crippen molar-refractivity contribution in [2.75, 3.05) is 19.6 Å². The zero-order valence-corrected chi connectivity index (χ0v) is 15.4. The van der Waals surface area contributed by atoms with E-state index >= 15 is 0 Å². The van der Waals surface area contributed by atoms with Gasteiger partial charge in [0.15, 0.2) is 0 Å². The Balaban J connectivity index is 1.60. The molecular weight excluding hydrogens is 320 g/mol. The van der Waals surface area contributed by atoms with Crippen LogP contribution in [-0.2, 0) is 16.0 Å². The van der Waals surface area contributed by atoms with Crippen LogP contribution in [0.5, 0.6) is 0 Å². The van der Waals surface area contributed by atoms with E-state index in [1.54, 1.807) is 6.92 Å². The number of carbonyl (C=O) groups excluding carboxylic acids is 2. The van der Waals surface area contributed by atoms with Crippen LogP contribution in [-0.4, -0.2) is 57.6 Å². The second-order valence-corrected chi connectivity index (χ2v) is 7.74. The van der Waals surface area contributed by atoms with Gasteiger partial charge in [0.1, 0.15) is 11.4 Å². The van der Waals surface area contributed by atoms with Gasteiger partial charge in [-0.3, -0.25) is 9.59 Å². The number of rotatable bonds is 5. The monoisotopic (exact) mass is 348 g/mol. The minimum atomic E-state index is 0.0721. The van der Waals surface area contributed by atoms with Gasteiger partial charge in [0.05, 0.1) is 6.42 Å². The quantitative estimate of drug-likeness (QED) is 0.811. The molecular formula is C18H28N4O3. The Morgan fingerprint density at radius 1 is 1.32 bits per heavy atom. The van der Waals surface area contributed by atoms with E-state index in [-0.39, 0.29) is 18.2 Å². The molecule has 7 heteroatoms. The summed E-state index contributed by atoms with van der Waals surface area (Å²) in [7, 11) is 0. The lowest BCUT2D eigenvalue weighted by atomic mass is 9.83. The lowest BCUT2D eigenvalue weighted by molar-refractivity contribution is -0.144. The Bertz CT molecular complexity index is 628. The summed E-state index contributed by atoms with van der Waals surface area (Å²) < 4.78 is 4.68. The van der Waals surface area contributed by atoms with Crippen molar-refractivity contribution in [2.24, 2.45) is 11.8 Å². The van der Waals surface area contributed by atoms with Crippen LogP contribution in [0.25, 0.3) is 0 Å². The molecule has 2 amide bonds. The third kappa shape index (κ3) is 4.02. The molecule has 0 N–H and O–H groups in total. The second kappa shape index (κ2) is 7.54. The summed E-state index contributed by atoms with van der Waals surface area (Å²) in [5, 5.41) is 7.54. The van der Waals surface area contributed by atoms with Crippen LogP contribution in [0, 0.1) is 18.8 Å². The molecule has 3 rings (SSSR count). The minimum absolute atomic E-state index is 0.0721. The number of aryl methyl sites for hydroxylation is 1. The Kier molecular flexibility index (Phi) is 5.39. The van der Waals surface area contributed by atoms with E-state index in [2.05, 4.69) is 33.7 Å². The van der Waals surface area contributed by atoms with Crippen molar-refractivity contribution in [3.05, 3.63) is 11.4 Å². The number of amides is 2. The molecule has 138 valence electrons. The second-order valence-electron chi connectivity index (χ2n) is 7.74. The number of hydrogen-bond acceptors (Lipinski definition) is 5. The molecule has 2 atom stereocenters. The molecule has 1 aromatic rings. The van der Waals surface area contributed by atoms with Gasteiger partial charge in [0.25, 0.3) is 0 Å². The fourth-order valence-electron chi connectivity index (χ4n) is 3.93. The molecule has 2 aliphatic heterocycles. The molecule has 0 bridgehead atoms. The number of fused-ring (bicyclic) bond motifs is 1. The highest BCUT2D eigenvalue weighted by atomic mass is 16.6. The molecule has 2 fully saturated rings. The van der Waals surface area contributed by atoms with E-state index in [9.17, 15) is 9.59 Å². The van der Waals surface area contributed by atoms with E-state index in [1.807, 2.05) is 4.90 Å². The maximum atomic E-state index is 12.6. The molecule has 1 aromatic heterocycles. The van der Waals surface area contributed by atoms with Gasteiger partial charge in [-0.1, -0.05) is 24.2 Å². The number of piperidine rings is 2. The smallest absolute Gasteiger partial charge is 0.228 e. The fourth-order valence-corrected chi connectivity index (χ4v) is 3.93. The zero-order valence-electron chi connectivity index (χ0n) is 15.4. The van der Waals surface area contributed by atoms with E-state index in [1.165, 1.54) is 0 Å². The maximum Gasteiger partial charge on any atom is 0.228 e. The van der Waals surface area contributed by atoms with Crippen LogP contribution in [0.1, 0.15) is 50.9 Å². The number of aromatic nitrogens is 2. The predicted molar refractivity (Wildman–Crippen MR) is 91.6 cm³/mol. The van der Waals surface area contributed by atoms with Crippen LogP contribution in [0.2, 0.25) is 0 Å². The van der Waals surface area contributed by atoms with Crippen molar-refractivity contribution >= 4 is 11.8 Å². The van der Waals surface area contributed by atoms with Crippen molar-refractivity contribution in [1.82, 2.24) is 20.1 Å². The molecule has 3 heterocycles. The van der Waals surface area contributed by atoms with Crippen molar-refractivity contribution in [2.45, 2.75) is 58.9 Å². The Morgan fingerprint density at radius 2 is 2.12 bits per heavy atom. The summed E-state index contributed by atoms with van der Waals surface area (Å²) in [6, 6.07) is 0.291. The molecule has 0 aromatic carbocycles. The van der Waals surface area contributed by atoms with Crippen molar-refractivity contribution in [3.8, 4) is 0 Å². The highest BCUT2D eigenvalue weighted by Crippen LogP contribution is 2.32. The third-order valence-electron chi connectivity index (χ3n) is 5.51. The Labute approximate surface area is 148 Å². The van der Waals surface area contributed by atoms with Gasteiger partial charge in [-0.05, 0) is 38.0 Å². The van der Waals surface area contributed by atoms with Gasteiger partial charge in [0.2, 0.25) is 11.8 Å². The standard InChI is InChI=1S/C18H28N4O3/c1-12(2)6-9-22-16-7-8-21(11-14(16)4-5-17(22)23)18(24)10-15-13(3)19-25-20-15/h12,14,16H,4-11H2,1-3H3/t14-,16+/m0/s1. The highest BCUT2D eigenvalue weighted by Gasteiger charge is 2.40. The number of hydrogen-bond donors (Lipinski definition) is 0. The van der Waals surface area contributed by atoms with E-state index in [4.69, 9.17) is 0 Å². The van der Waals surface area contributed by atoms with Gasteiger partial charge >= 0.3 is 0 Å². The molecule has 25 heavy (non-hydrogen) atoms. The zero-order chi connectivity index (χ0) is 18.0. The number of likely N-dealkylation sites (tertiary alicyclic amines) is 2. The summed E-state index contributed by atoms with van der Waals surface area (Å²) in [6.07, 6.45) is 3.64. The molecule has 0 saturated carbocycles. The topological polar surface area (TPSA) is 79.5 Å². The van der Waals surface area contributed by atoms with E-state index in [0.29, 0.717) is 42.2 Å². The summed E-state index contributed by atoms with van der Waals surface area (Å²) in [6.45, 7) is 8.46. The summed E-state index contributed by atoms with van der Waals surface area (Å²) >= 11 is 0. The van der Waals surface area contributed by atoms with E-state index in [0.717, 1.165) is 32.4 Å². The predicted octanol–water partition coefficient (Wildman–Crippen LogP) is 1.81. The molecule has 0 spiro atoms. The largest absolute Gasteiger partial charge is 0.342 e. The number of carbonyl (C=O) groups is 2. The number of nitrogens with zero attached hydrogens (tertiary/aromatic N) is 4. The van der Waals surface area contributed by atoms with Crippen molar-refractivity contribution < 1.29 is 14.2 Å². The fraction of sp³-hybridized carbons (Fsp3) is 0.778. The van der Waals surface area contributed by atoms with Crippen LogP contribution in [0.3, 0.4) is 0 Å². The lowest BCUT2D eigenvalue weighted by Gasteiger charge is -2.47. The van der Waals surface area contributed by atoms with Crippen molar-refractivity contribution in [1.29, 1.82) is 0 Å². The van der Waals surface area contributed by atoms with Crippen LogP contribution >= 0.6 is 0 Å². The molecule has 2 saturated heterocycles. The summed E-state index contributed by atoms with van der Waals surface area (Å²) in [5.74, 6) is 1.34. The first kappa shape index (κ1) is 17.9. The van der Waals surface area contributed by atoms with Gasteiger partial charge in [-0.25, -0.2) is 4.63 Å². The molecule has 0 radical (unpaired) electrons. The first-order chi connectivity index (χ1) is 12.0. The third-order valence-corrected chi connectivity index (χ3v) is 5.51. The molecule has 0 unspecified atom stereocenters. The van der Waals surface area contributed by atoms with Gasteiger partial charge in [-0.15, -0.1) is 0 Å². The summed E-state index contributed by atoms with van der Waals surface area (Å²) in [4.78, 5) is 28.9. The average molecular weight is 348 g/mol. The van der Waals surface area contributed by atoms with Crippen LogP contribution in [0.15, 0.2) is 4.63 Å². The van der Waals surface area contributed by atoms with E-state index < -0.39 is 0 Å². The van der Waals surface area contributed by atoms with Gasteiger partial charge < -0.3 is 9.80 Å². The Hall–Kier alpha value is -1.92. The highest BCUT2D eigenvalue weighted by molar-refractivity contribution is 5.79. The molecule has 0 aliphatic carbocycles. The van der Waals surface area contributed by atoms with Gasteiger partial charge in [0, 0.05) is 32.1 Å². The first-order valence-corrected chi connectivity index (χ1v) is 9.31. The van der Waals surface area contributed by atoms with Crippen LogP contribution in [0.4, 0.5) is 0 Å². The molecule has 2 aliphatic rings. The first-order valence-electron chi connectivity index (χ1n) is 9.31.